The maximum Gasteiger partial charge on any atom is 0.248 e. The van der Waals surface area contributed by atoms with Gasteiger partial charge in [-0.05, 0) is 37.6 Å². The fourth-order valence-electron chi connectivity index (χ4n) is 3.50. The molecule has 0 radical (unpaired) electrons. The van der Waals surface area contributed by atoms with E-state index in [1.165, 1.54) is 0 Å². The molecule has 0 fully saturated rings. The third kappa shape index (κ3) is 3.00. The Morgan fingerprint density at radius 1 is 1.18 bits per heavy atom. The van der Waals surface area contributed by atoms with Crippen LogP contribution >= 0.6 is 0 Å². The summed E-state index contributed by atoms with van der Waals surface area (Å²) in [7, 11) is 1.61. The van der Waals surface area contributed by atoms with Gasteiger partial charge in [-0.25, -0.2) is 4.68 Å². The van der Waals surface area contributed by atoms with E-state index < -0.39 is 11.9 Å². The number of fused-ring (bicyclic) bond motifs is 1. The summed E-state index contributed by atoms with van der Waals surface area (Å²) < 4.78 is 7.06. The minimum Gasteiger partial charge on any atom is -0.497 e. The fraction of sp³-hybridized carbons (Fsp3) is 0.190. The number of nitrogens with one attached hydrogen (secondary N) is 1. The highest BCUT2D eigenvalue weighted by atomic mass is 16.5. The Morgan fingerprint density at radius 3 is 2.68 bits per heavy atom. The number of carbonyl (C=O) groups is 1. The van der Waals surface area contributed by atoms with E-state index in [0.717, 1.165) is 16.7 Å². The molecule has 0 saturated carbocycles. The van der Waals surface area contributed by atoms with Crippen molar-refractivity contribution in [2.75, 3.05) is 12.4 Å². The van der Waals surface area contributed by atoms with E-state index in [1.54, 1.807) is 11.8 Å². The predicted molar refractivity (Wildman–Crippen MR) is 107 cm³/mol. The summed E-state index contributed by atoms with van der Waals surface area (Å²) in [5.41, 5.74) is 9.70. The van der Waals surface area contributed by atoms with Gasteiger partial charge < -0.3 is 15.8 Å². The Kier molecular flexibility index (Phi) is 4.35. The van der Waals surface area contributed by atoms with Gasteiger partial charge in [0.1, 0.15) is 11.8 Å². The molecule has 0 aliphatic carbocycles. The molecule has 0 unspecified atom stereocenters. The van der Waals surface area contributed by atoms with E-state index >= 15 is 0 Å². The van der Waals surface area contributed by atoms with E-state index in [4.69, 9.17) is 15.6 Å². The minimum atomic E-state index is -0.504. The van der Waals surface area contributed by atoms with E-state index in [9.17, 15) is 4.79 Å². The zero-order valence-corrected chi connectivity index (χ0v) is 15.9. The average Bonchev–Trinajstić information content (AvgIpc) is 3.10. The molecule has 1 atom stereocenters. The molecule has 28 heavy (non-hydrogen) atoms. The number of carbonyl (C=O) groups excluding carboxylic acids is 1. The lowest BCUT2D eigenvalue weighted by atomic mass is 9.95. The van der Waals surface area contributed by atoms with Crippen molar-refractivity contribution in [2.45, 2.75) is 19.9 Å². The van der Waals surface area contributed by atoms with Gasteiger partial charge in [-0.1, -0.05) is 35.9 Å². The zero-order chi connectivity index (χ0) is 19.8. The number of anilines is 1. The zero-order valence-electron chi connectivity index (χ0n) is 15.9. The number of aromatic nitrogens is 3. The van der Waals surface area contributed by atoms with Crippen LogP contribution in [-0.4, -0.2) is 27.8 Å². The quantitative estimate of drug-likeness (QED) is 0.731. The largest absolute Gasteiger partial charge is 0.497 e. The minimum absolute atomic E-state index is 0.446. The predicted octanol–water partition coefficient (Wildman–Crippen LogP) is 3.04. The highest BCUT2D eigenvalue weighted by Gasteiger charge is 2.33. The van der Waals surface area contributed by atoms with Crippen LogP contribution in [0.3, 0.4) is 0 Å². The van der Waals surface area contributed by atoms with Gasteiger partial charge in [-0.2, -0.15) is 4.98 Å². The summed E-state index contributed by atoms with van der Waals surface area (Å²) in [6.07, 6.45) is 0. The number of nitrogens with two attached hydrogens (primary N) is 1. The van der Waals surface area contributed by atoms with Crippen molar-refractivity contribution in [1.82, 2.24) is 14.8 Å². The lowest BCUT2D eigenvalue weighted by Gasteiger charge is -2.27. The van der Waals surface area contributed by atoms with Crippen LogP contribution in [0.15, 0.2) is 59.8 Å². The molecule has 1 aliphatic rings. The Labute approximate surface area is 162 Å². The van der Waals surface area contributed by atoms with Crippen molar-refractivity contribution in [3.05, 3.63) is 70.9 Å². The van der Waals surface area contributed by atoms with Crippen LogP contribution in [0, 0.1) is 6.92 Å². The van der Waals surface area contributed by atoms with Gasteiger partial charge >= 0.3 is 0 Å². The number of nitrogens with zero attached hydrogens (tertiary/aromatic N) is 3. The lowest BCUT2D eigenvalue weighted by Crippen LogP contribution is -2.31. The highest BCUT2D eigenvalue weighted by Crippen LogP contribution is 2.37. The molecule has 4 rings (SSSR count). The Bertz CT molecular complexity index is 1100. The number of hydrogen-bond acceptors (Lipinski definition) is 5. The maximum absolute atomic E-state index is 12.3. The smallest absolute Gasteiger partial charge is 0.248 e. The first kappa shape index (κ1) is 17.8. The van der Waals surface area contributed by atoms with Gasteiger partial charge in [-0.15, -0.1) is 5.10 Å². The van der Waals surface area contributed by atoms with Gasteiger partial charge in [0, 0.05) is 11.3 Å². The van der Waals surface area contributed by atoms with E-state index in [0.29, 0.717) is 28.8 Å². The van der Waals surface area contributed by atoms with Crippen LogP contribution in [0.5, 0.6) is 5.75 Å². The van der Waals surface area contributed by atoms with Crippen LogP contribution in [0.4, 0.5) is 5.95 Å². The molecule has 142 valence electrons. The van der Waals surface area contributed by atoms with E-state index in [1.807, 2.05) is 62.4 Å². The number of benzene rings is 2. The summed E-state index contributed by atoms with van der Waals surface area (Å²) in [6.45, 7) is 3.84. The molecule has 1 aromatic heterocycles. The van der Waals surface area contributed by atoms with Crippen LogP contribution < -0.4 is 15.8 Å². The lowest BCUT2D eigenvalue weighted by molar-refractivity contribution is -0.115. The summed E-state index contributed by atoms with van der Waals surface area (Å²) in [4.78, 5) is 16.9. The summed E-state index contributed by atoms with van der Waals surface area (Å²) in [5.74, 6) is 1.33. The second-order valence-corrected chi connectivity index (χ2v) is 6.78. The van der Waals surface area contributed by atoms with Gasteiger partial charge in [0.2, 0.25) is 11.9 Å². The van der Waals surface area contributed by atoms with Crippen LogP contribution in [0.1, 0.15) is 24.1 Å². The van der Waals surface area contributed by atoms with Gasteiger partial charge in [-0.3, -0.25) is 4.79 Å². The molecule has 0 spiro atoms. The summed E-state index contributed by atoms with van der Waals surface area (Å²) in [6, 6.07) is 15.0. The molecule has 2 aromatic carbocycles. The molecule has 0 saturated heterocycles. The average molecular weight is 375 g/mol. The Morgan fingerprint density at radius 2 is 1.96 bits per heavy atom. The van der Waals surface area contributed by atoms with Crippen molar-refractivity contribution in [1.29, 1.82) is 0 Å². The molecule has 3 N–H and O–H groups in total. The fourth-order valence-corrected chi connectivity index (χ4v) is 3.50. The maximum atomic E-state index is 12.3. The molecular formula is C21H21N5O2. The Balaban J connectivity index is 1.89. The monoisotopic (exact) mass is 375 g/mol. The number of amides is 1. The Hall–Kier alpha value is -3.61. The molecule has 7 nitrogen and oxygen atoms in total. The molecular weight excluding hydrogens is 354 g/mol. The molecule has 3 aromatic rings. The molecule has 0 bridgehead atoms. The van der Waals surface area contributed by atoms with Gasteiger partial charge in [0.15, 0.2) is 5.82 Å². The number of methoxy groups -OCH3 is 1. The second kappa shape index (κ2) is 6.84. The van der Waals surface area contributed by atoms with Crippen LogP contribution in [-0.2, 0) is 4.79 Å². The molecule has 7 heteroatoms. The molecule has 1 amide bonds. The number of rotatable bonds is 4. The third-order valence-electron chi connectivity index (χ3n) is 4.80. The number of hydrogen-bond donors (Lipinski definition) is 2. The van der Waals surface area contributed by atoms with Crippen molar-refractivity contribution in [3.8, 4) is 17.1 Å². The van der Waals surface area contributed by atoms with Crippen molar-refractivity contribution >= 4 is 11.9 Å². The first-order valence-electron chi connectivity index (χ1n) is 8.93. The van der Waals surface area contributed by atoms with E-state index in [2.05, 4.69) is 10.3 Å². The number of primary amides is 1. The SMILES string of the molecule is COc1cccc([C@@H]2C(C(N)=O)=C(C)Nc3nc(-c4cccc(C)c4)nn32)c1. The summed E-state index contributed by atoms with van der Waals surface area (Å²) >= 11 is 0. The van der Waals surface area contributed by atoms with Crippen molar-refractivity contribution in [3.63, 3.8) is 0 Å². The highest BCUT2D eigenvalue weighted by molar-refractivity contribution is 5.95. The molecule has 2 heterocycles. The van der Waals surface area contributed by atoms with Gasteiger partial charge in [0.05, 0.1) is 12.7 Å². The number of ether oxygens (including phenoxy) is 1. The normalized spacial score (nSPS) is 15.8. The second-order valence-electron chi connectivity index (χ2n) is 6.78. The number of aryl methyl sites for hydroxylation is 1. The third-order valence-corrected chi connectivity index (χ3v) is 4.80. The van der Waals surface area contributed by atoms with Crippen molar-refractivity contribution in [2.24, 2.45) is 5.73 Å². The summed E-state index contributed by atoms with van der Waals surface area (Å²) in [5, 5.41) is 7.86. The van der Waals surface area contributed by atoms with Gasteiger partial charge in [0.25, 0.3) is 0 Å². The van der Waals surface area contributed by atoms with Crippen molar-refractivity contribution < 1.29 is 9.53 Å². The first-order valence-corrected chi connectivity index (χ1v) is 8.93. The number of allylic oxidation sites excluding steroid dienone is 1. The van der Waals surface area contributed by atoms with Crippen LogP contribution in [0.2, 0.25) is 0 Å². The first-order chi connectivity index (χ1) is 13.5. The van der Waals surface area contributed by atoms with E-state index in [-0.39, 0.29) is 0 Å². The van der Waals surface area contributed by atoms with Crippen LogP contribution in [0.25, 0.3) is 11.4 Å². The molecule has 1 aliphatic heterocycles. The standard InChI is InChI=1S/C21H21N5O2/c1-12-6-4-8-15(10-12)20-24-21-23-13(2)17(19(22)27)18(26(21)25-20)14-7-5-9-16(11-14)28-3/h4-11,18H,1-3H3,(H2,22,27)(H,23,24,25)/t18-/m1/s1. The topological polar surface area (TPSA) is 95.1 Å².